The molecule has 22 heavy (non-hydrogen) atoms. The summed E-state index contributed by atoms with van der Waals surface area (Å²) in [6.45, 7) is 0.598. The number of nitrogens with one attached hydrogen (secondary N) is 2. The molecule has 6 N–H and O–H groups in total. The standard InChI is InChI=1S/C10H15N2O9P/c1-10(4-2-11-9(16)12-8(4)15)7(14)6(13)5(21-10)3-20-22(17,18)19/h2,5-7,13-14H,3H2,1H3,(H2,17,18,19)(H2,11,12,15,16)/t5-,6-,7-,10+/m1/s1. The Morgan fingerprint density at radius 2 is 2.05 bits per heavy atom. The number of phosphoric ester groups is 1. The Kier molecular flexibility index (Phi) is 4.42. The molecule has 1 aliphatic heterocycles. The number of hydrogen-bond acceptors (Lipinski definition) is 7. The maximum Gasteiger partial charge on any atom is 0.469 e. The highest BCUT2D eigenvalue weighted by Crippen LogP contribution is 2.41. The normalized spacial score (nSPS) is 32.3. The molecule has 12 heteroatoms. The third kappa shape index (κ3) is 3.20. The number of hydrogen-bond donors (Lipinski definition) is 6. The minimum Gasteiger partial charge on any atom is -0.387 e. The number of aromatic nitrogens is 2. The molecule has 0 saturated carbocycles. The van der Waals surface area contributed by atoms with E-state index in [0.29, 0.717) is 0 Å². The van der Waals surface area contributed by atoms with E-state index in [1.54, 1.807) is 0 Å². The summed E-state index contributed by atoms with van der Waals surface area (Å²) in [4.78, 5) is 44.3. The third-order valence-electron chi connectivity index (χ3n) is 3.43. The van der Waals surface area contributed by atoms with Crippen molar-refractivity contribution < 1.29 is 33.8 Å². The van der Waals surface area contributed by atoms with E-state index in [2.05, 4.69) is 9.51 Å². The number of rotatable bonds is 4. The maximum atomic E-state index is 11.8. The molecule has 124 valence electrons. The first-order valence-corrected chi connectivity index (χ1v) is 7.64. The molecule has 0 bridgehead atoms. The number of ether oxygens (including phenoxy) is 1. The van der Waals surface area contributed by atoms with Gasteiger partial charge in [-0.2, -0.15) is 0 Å². The van der Waals surface area contributed by atoms with Gasteiger partial charge in [-0.1, -0.05) is 0 Å². The average Bonchev–Trinajstić information content (AvgIpc) is 2.61. The maximum absolute atomic E-state index is 11.8. The molecule has 0 spiro atoms. The summed E-state index contributed by atoms with van der Waals surface area (Å²) in [6.07, 6.45) is -3.38. The first-order chi connectivity index (χ1) is 10.0. The largest absolute Gasteiger partial charge is 0.469 e. The zero-order valence-electron chi connectivity index (χ0n) is 11.3. The van der Waals surface area contributed by atoms with Crippen LogP contribution in [0, 0.1) is 0 Å². The summed E-state index contributed by atoms with van der Waals surface area (Å²) >= 11 is 0. The summed E-state index contributed by atoms with van der Waals surface area (Å²) in [5.74, 6) is 0. The van der Waals surface area contributed by atoms with Crippen LogP contribution < -0.4 is 11.2 Å². The van der Waals surface area contributed by atoms with E-state index in [-0.39, 0.29) is 5.56 Å². The molecule has 4 atom stereocenters. The second kappa shape index (κ2) is 5.70. The highest BCUT2D eigenvalue weighted by Gasteiger charge is 2.53. The smallest absolute Gasteiger partial charge is 0.387 e. The van der Waals surface area contributed by atoms with Crippen molar-refractivity contribution in [2.75, 3.05) is 6.61 Å². The van der Waals surface area contributed by atoms with Gasteiger partial charge in [0, 0.05) is 6.20 Å². The summed E-state index contributed by atoms with van der Waals surface area (Å²) < 4.78 is 20.3. The summed E-state index contributed by atoms with van der Waals surface area (Å²) in [6, 6.07) is 0. The second-order valence-electron chi connectivity index (χ2n) is 4.97. The van der Waals surface area contributed by atoms with Crippen LogP contribution in [0.2, 0.25) is 0 Å². The molecule has 1 fully saturated rings. The van der Waals surface area contributed by atoms with E-state index in [9.17, 15) is 24.4 Å². The Labute approximate surface area is 122 Å². The Morgan fingerprint density at radius 3 is 2.59 bits per heavy atom. The van der Waals surface area contributed by atoms with Crippen LogP contribution in [0.15, 0.2) is 15.8 Å². The molecule has 11 nitrogen and oxygen atoms in total. The van der Waals surface area contributed by atoms with Crippen LogP contribution in [0.25, 0.3) is 0 Å². The van der Waals surface area contributed by atoms with Crippen LogP contribution in [0.4, 0.5) is 0 Å². The van der Waals surface area contributed by atoms with Gasteiger partial charge in [0.15, 0.2) is 0 Å². The molecule has 0 amide bonds. The van der Waals surface area contributed by atoms with Crippen LogP contribution >= 0.6 is 7.82 Å². The van der Waals surface area contributed by atoms with Crippen LogP contribution in [0.1, 0.15) is 12.5 Å². The molecule has 1 aromatic rings. The summed E-state index contributed by atoms with van der Waals surface area (Å²) in [5, 5.41) is 20.0. The van der Waals surface area contributed by atoms with Gasteiger partial charge < -0.3 is 29.7 Å². The van der Waals surface area contributed by atoms with Crippen molar-refractivity contribution in [1.29, 1.82) is 0 Å². The third-order valence-corrected chi connectivity index (χ3v) is 3.91. The fourth-order valence-corrected chi connectivity index (χ4v) is 2.63. The molecule has 0 radical (unpaired) electrons. The van der Waals surface area contributed by atoms with Crippen molar-refractivity contribution in [3.05, 3.63) is 32.6 Å². The minimum atomic E-state index is -4.78. The fraction of sp³-hybridized carbons (Fsp3) is 0.600. The quantitative estimate of drug-likeness (QED) is 0.323. The van der Waals surface area contributed by atoms with Gasteiger partial charge in [0.1, 0.15) is 23.9 Å². The molecule has 0 aliphatic carbocycles. The Balaban J connectivity index is 2.30. The van der Waals surface area contributed by atoms with Gasteiger partial charge in [-0.3, -0.25) is 14.3 Å². The van der Waals surface area contributed by atoms with Crippen molar-refractivity contribution >= 4 is 7.82 Å². The van der Waals surface area contributed by atoms with E-state index in [0.717, 1.165) is 6.20 Å². The zero-order chi connectivity index (χ0) is 16.7. The van der Waals surface area contributed by atoms with Crippen molar-refractivity contribution in [3.8, 4) is 0 Å². The topological polar surface area (TPSA) is 182 Å². The predicted octanol–water partition coefficient (Wildman–Crippen LogP) is -2.49. The van der Waals surface area contributed by atoms with Crippen molar-refractivity contribution in [1.82, 2.24) is 9.97 Å². The number of phosphoric acid groups is 1. The van der Waals surface area contributed by atoms with Gasteiger partial charge in [-0.05, 0) is 6.92 Å². The Morgan fingerprint density at radius 1 is 1.41 bits per heavy atom. The van der Waals surface area contributed by atoms with E-state index in [1.165, 1.54) is 6.92 Å². The van der Waals surface area contributed by atoms with E-state index in [1.807, 2.05) is 4.98 Å². The van der Waals surface area contributed by atoms with Crippen molar-refractivity contribution in [3.63, 3.8) is 0 Å². The molecular formula is C10H15N2O9P. The Bertz CT molecular complexity index is 709. The van der Waals surface area contributed by atoms with Crippen LogP contribution in [-0.4, -0.2) is 54.9 Å². The summed E-state index contributed by atoms with van der Waals surface area (Å²) in [7, 11) is -4.78. The molecule has 0 unspecified atom stereocenters. The van der Waals surface area contributed by atoms with Gasteiger partial charge in [-0.15, -0.1) is 0 Å². The van der Waals surface area contributed by atoms with Crippen LogP contribution in [-0.2, 0) is 19.4 Å². The Hall–Kier alpha value is -1.33. The molecule has 1 aliphatic rings. The number of aromatic amines is 2. The first kappa shape index (κ1) is 17.0. The molecule has 1 saturated heterocycles. The highest BCUT2D eigenvalue weighted by atomic mass is 31.2. The molecule has 1 aromatic heterocycles. The SMILES string of the molecule is C[C@@]1(c2c[nH]c(=O)[nH]c2=O)O[C@H](COP(=O)(O)O)[C@@H](O)[C@H]1O. The predicted molar refractivity (Wildman–Crippen MR) is 69.9 cm³/mol. The number of aliphatic hydroxyl groups excluding tert-OH is 2. The van der Waals surface area contributed by atoms with Crippen molar-refractivity contribution in [2.24, 2.45) is 0 Å². The lowest BCUT2D eigenvalue weighted by molar-refractivity contribution is -0.0859. The van der Waals surface area contributed by atoms with Crippen molar-refractivity contribution in [2.45, 2.75) is 30.8 Å². The van der Waals surface area contributed by atoms with Gasteiger partial charge >= 0.3 is 13.5 Å². The van der Waals surface area contributed by atoms with Gasteiger partial charge in [-0.25, -0.2) is 9.36 Å². The number of H-pyrrole nitrogens is 2. The molecule has 2 rings (SSSR count). The van der Waals surface area contributed by atoms with Crippen LogP contribution in [0.3, 0.4) is 0 Å². The fourth-order valence-electron chi connectivity index (χ4n) is 2.29. The first-order valence-electron chi connectivity index (χ1n) is 6.11. The zero-order valence-corrected chi connectivity index (χ0v) is 12.2. The lowest BCUT2D eigenvalue weighted by atomic mass is 9.90. The van der Waals surface area contributed by atoms with E-state index in [4.69, 9.17) is 14.5 Å². The second-order valence-corrected chi connectivity index (χ2v) is 6.21. The lowest BCUT2D eigenvalue weighted by Gasteiger charge is -2.26. The van der Waals surface area contributed by atoms with Gasteiger partial charge in [0.2, 0.25) is 0 Å². The van der Waals surface area contributed by atoms with E-state index < -0.39 is 49.6 Å². The lowest BCUT2D eigenvalue weighted by Crippen LogP contribution is -2.43. The average molecular weight is 338 g/mol. The molecular weight excluding hydrogens is 323 g/mol. The van der Waals surface area contributed by atoms with Gasteiger partial charge in [0.25, 0.3) is 5.56 Å². The summed E-state index contributed by atoms with van der Waals surface area (Å²) in [5.41, 5.74) is -3.43. The monoisotopic (exact) mass is 338 g/mol. The number of aliphatic hydroxyl groups is 2. The molecule has 2 heterocycles. The van der Waals surface area contributed by atoms with Gasteiger partial charge in [0.05, 0.1) is 12.2 Å². The van der Waals surface area contributed by atoms with E-state index >= 15 is 0 Å². The molecule has 0 aromatic carbocycles. The highest BCUT2D eigenvalue weighted by molar-refractivity contribution is 7.46. The van der Waals surface area contributed by atoms with Crippen LogP contribution in [0.5, 0.6) is 0 Å². The minimum absolute atomic E-state index is 0.155.